The maximum Gasteiger partial charge on any atom is 0.490 e. The van der Waals surface area contributed by atoms with Crippen molar-refractivity contribution in [3.05, 3.63) is 0 Å². The number of rotatable bonds is 1. The van der Waals surface area contributed by atoms with Gasteiger partial charge in [-0.15, -0.1) is 0 Å². The summed E-state index contributed by atoms with van der Waals surface area (Å²) in [6, 6.07) is 0.347. The third kappa shape index (κ3) is 5.03. The van der Waals surface area contributed by atoms with Crippen molar-refractivity contribution in [2.24, 2.45) is 0 Å². The molecule has 110 valence electrons. The zero-order valence-corrected chi connectivity index (χ0v) is 10.1. The molecule has 0 aromatic rings. The number of hydrogen-bond donors (Lipinski definition) is 2. The number of ether oxygens (including phenoxy) is 1. The van der Waals surface area contributed by atoms with Gasteiger partial charge in [-0.3, -0.25) is 4.79 Å². The number of nitrogens with one attached hydrogen (secondary N) is 1. The van der Waals surface area contributed by atoms with Crippen LogP contribution in [0.4, 0.5) is 13.2 Å². The number of nitrogens with zero attached hydrogens (tertiary/aromatic N) is 1. The third-order valence-electron chi connectivity index (χ3n) is 2.71. The molecule has 0 aliphatic carbocycles. The predicted molar refractivity (Wildman–Crippen MR) is 57.5 cm³/mol. The highest BCUT2D eigenvalue weighted by molar-refractivity contribution is 5.79. The molecular formula is C10H15F3N2O4. The number of halogens is 3. The first-order valence-electron chi connectivity index (χ1n) is 5.70. The molecule has 0 bridgehead atoms. The van der Waals surface area contributed by atoms with Gasteiger partial charge >= 0.3 is 12.1 Å². The third-order valence-corrected chi connectivity index (χ3v) is 2.71. The Labute approximate surface area is 107 Å². The van der Waals surface area contributed by atoms with E-state index in [1.165, 1.54) is 0 Å². The Kier molecular flexibility index (Phi) is 5.55. The molecule has 0 saturated carbocycles. The number of aliphatic carboxylic acids is 1. The summed E-state index contributed by atoms with van der Waals surface area (Å²) in [4.78, 5) is 22.2. The fourth-order valence-corrected chi connectivity index (χ4v) is 1.78. The van der Waals surface area contributed by atoms with Crippen molar-refractivity contribution in [2.45, 2.75) is 18.6 Å². The second-order valence-electron chi connectivity index (χ2n) is 4.08. The van der Waals surface area contributed by atoms with Gasteiger partial charge in [0.05, 0.1) is 19.2 Å². The first-order valence-corrected chi connectivity index (χ1v) is 5.70. The lowest BCUT2D eigenvalue weighted by molar-refractivity contribution is -0.192. The average Bonchev–Trinajstić information content (AvgIpc) is 2.82. The summed E-state index contributed by atoms with van der Waals surface area (Å²) in [5, 5.41) is 10.2. The molecule has 2 aliphatic heterocycles. The van der Waals surface area contributed by atoms with Gasteiger partial charge in [-0.05, 0) is 6.42 Å². The van der Waals surface area contributed by atoms with Gasteiger partial charge in [0.2, 0.25) is 5.91 Å². The van der Waals surface area contributed by atoms with Gasteiger partial charge in [-0.25, -0.2) is 4.79 Å². The number of carboxylic acid groups (broad SMARTS) is 1. The normalized spacial score (nSPS) is 23.8. The minimum absolute atomic E-state index is 0.219. The van der Waals surface area contributed by atoms with Crippen LogP contribution in [0.5, 0.6) is 0 Å². The second-order valence-corrected chi connectivity index (χ2v) is 4.08. The molecule has 0 aromatic heterocycles. The molecule has 1 unspecified atom stereocenters. The smallest absolute Gasteiger partial charge is 0.475 e. The van der Waals surface area contributed by atoms with E-state index in [0.29, 0.717) is 12.6 Å². The summed E-state index contributed by atoms with van der Waals surface area (Å²) in [7, 11) is 0. The summed E-state index contributed by atoms with van der Waals surface area (Å²) >= 11 is 0. The maximum absolute atomic E-state index is 11.4. The van der Waals surface area contributed by atoms with Crippen molar-refractivity contribution >= 4 is 11.9 Å². The van der Waals surface area contributed by atoms with E-state index >= 15 is 0 Å². The Hall–Kier alpha value is -1.35. The minimum atomic E-state index is -5.08. The summed E-state index contributed by atoms with van der Waals surface area (Å²) in [6.45, 7) is 3.79. The molecular weight excluding hydrogens is 269 g/mol. The van der Waals surface area contributed by atoms with Crippen LogP contribution in [0, 0.1) is 0 Å². The molecule has 0 radical (unpaired) electrons. The van der Waals surface area contributed by atoms with Gasteiger partial charge in [-0.1, -0.05) is 0 Å². The standard InChI is InChI=1S/C8H14N2O2.C2HF3O2/c11-8-5-9-2-3-10(8)7-1-4-12-6-7;3-2(4,5)1(6)7/h7,9H,1-6H2;(H,6,7). The Bertz CT molecular complexity index is 329. The zero-order chi connectivity index (χ0) is 14.5. The van der Waals surface area contributed by atoms with Gasteiger partial charge in [0.15, 0.2) is 0 Å². The van der Waals surface area contributed by atoms with Crippen LogP contribution in [0.3, 0.4) is 0 Å². The predicted octanol–water partition coefficient (Wildman–Crippen LogP) is -0.160. The molecule has 2 rings (SSSR count). The van der Waals surface area contributed by atoms with Crippen LogP contribution in [0.15, 0.2) is 0 Å². The van der Waals surface area contributed by atoms with Crippen LogP contribution in [-0.2, 0) is 14.3 Å². The minimum Gasteiger partial charge on any atom is -0.475 e. The van der Waals surface area contributed by atoms with E-state index in [4.69, 9.17) is 14.6 Å². The SMILES string of the molecule is O=C(O)C(F)(F)F.O=C1CNCCN1C1CCOC1. The summed E-state index contributed by atoms with van der Waals surface area (Å²) in [5.41, 5.74) is 0. The Morgan fingerprint density at radius 2 is 2.11 bits per heavy atom. The van der Waals surface area contributed by atoms with E-state index in [2.05, 4.69) is 5.32 Å². The quantitative estimate of drug-likeness (QED) is 0.699. The molecule has 1 atom stereocenters. The number of carbonyl (C=O) groups excluding carboxylic acids is 1. The topological polar surface area (TPSA) is 78.9 Å². The van der Waals surface area contributed by atoms with Crippen molar-refractivity contribution in [3.8, 4) is 0 Å². The number of hydrogen-bond acceptors (Lipinski definition) is 4. The largest absolute Gasteiger partial charge is 0.490 e. The van der Waals surface area contributed by atoms with Crippen LogP contribution in [-0.4, -0.2) is 66.9 Å². The van der Waals surface area contributed by atoms with E-state index in [0.717, 1.165) is 32.7 Å². The Morgan fingerprint density at radius 1 is 1.47 bits per heavy atom. The van der Waals surface area contributed by atoms with Gasteiger partial charge in [-0.2, -0.15) is 13.2 Å². The zero-order valence-electron chi connectivity index (χ0n) is 10.1. The molecule has 6 nitrogen and oxygen atoms in total. The van der Waals surface area contributed by atoms with E-state index in [1.54, 1.807) is 0 Å². The average molecular weight is 284 g/mol. The number of carbonyl (C=O) groups is 2. The van der Waals surface area contributed by atoms with Crippen molar-refractivity contribution < 1.29 is 32.6 Å². The van der Waals surface area contributed by atoms with Crippen molar-refractivity contribution in [2.75, 3.05) is 32.8 Å². The second kappa shape index (κ2) is 6.71. The Morgan fingerprint density at radius 3 is 2.53 bits per heavy atom. The number of amides is 1. The van der Waals surface area contributed by atoms with Gasteiger partial charge in [0, 0.05) is 19.7 Å². The van der Waals surface area contributed by atoms with Crippen LogP contribution in [0.1, 0.15) is 6.42 Å². The highest BCUT2D eigenvalue weighted by atomic mass is 19.4. The first-order chi connectivity index (χ1) is 8.82. The lowest BCUT2D eigenvalue weighted by Gasteiger charge is -2.31. The molecule has 2 N–H and O–H groups in total. The Balaban J connectivity index is 0.000000224. The summed E-state index contributed by atoms with van der Waals surface area (Å²) in [6.07, 6.45) is -4.08. The molecule has 0 aromatic carbocycles. The molecule has 2 fully saturated rings. The van der Waals surface area contributed by atoms with Gasteiger partial charge in [0.25, 0.3) is 0 Å². The van der Waals surface area contributed by atoms with E-state index < -0.39 is 12.1 Å². The summed E-state index contributed by atoms with van der Waals surface area (Å²) < 4.78 is 37.0. The summed E-state index contributed by atoms with van der Waals surface area (Å²) in [5.74, 6) is -2.54. The van der Waals surface area contributed by atoms with Crippen LogP contribution in [0.2, 0.25) is 0 Å². The van der Waals surface area contributed by atoms with Crippen LogP contribution >= 0.6 is 0 Å². The fourth-order valence-electron chi connectivity index (χ4n) is 1.78. The molecule has 2 heterocycles. The van der Waals surface area contributed by atoms with Crippen molar-refractivity contribution in [1.29, 1.82) is 0 Å². The molecule has 1 amide bonds. The number of piperazine rings is 1. The molecule has 2 saturated heterocycles. The van der Waals surface area contributed by atoms with E-state index in [9.17, 15) is 18.0 Å². The highest BCUT2D eigenvalue weighted by Gasteiger charge is 2.38. The monoisotopic (exact) mass is 284 g/mol. The molecule has 9 heteroatoms. The highest BCUT2D eigenvalue weighted by Crippen LogP contribution is 2.13. The van der Waals surface area contributed by atoms with Crippen molar-refractivity contribution in [1.82, 2.24) is 10.2 Å². The fraction of sp³-hybridized carbons (Fsp3) is 0.800. The number of carboxylic acids is 1. The van der Waals surface area contributed by atoms with Crippen LogP contribution in [0.25, 0.3) is 0 Å². The van der Waals surface area contributed by atoms with Crippen molar-refractivity contribution in [3.63, 3.8) is 0 Å². The number of alkyl halides is 3. The molecule has 2 aliphatic rings. The molecule has 0 spiro atoms. The first kappa shape index (κ1) is 15.7. The molecule has 19 heavy (non-hydrogen) atoms. The van der Waals surface area contributed by atoms with Gasteiger partial charge in [0.1, 0.15) is 0 Å². The lowest BCUT2D eigenvalue weighted by atomic mass is 10.2. The lowest BCUT2D eigenvalue weighted by Crippen LogP contribution is -2.52. The maximum atomic E-state index is 11.4. The van der Waals surface area contributed by atoms with Gasteiger partial charge < -0.3 is 20.1 Å². The van der Waals surface area contributed by atoms with Crippen LogP contribution < -0.4 is 5.32 Å². The van der Waals surface area contributed by atoms with E-state index in [1.807, 2.05) is 4.90 Å². The van der Waals surface area contributed by atoms with E-state index in [-0.39, 0.29) is 5.91 Å².